The molecule has 18 nitrogen and oxygen atoms in total. The van der Waals surface area contributed by atoms with E-state index in [1.807, 2.05) is 12.1 Å². The largest absolute Gasteiger partial charge is 0.422 e. The van der Waals surface area contributed by atoms with Crippen molar-refractivity contribution >= 4 is 92.8 Å². The van der Waals surface area contributed by atoms with Gasteiger partial charge in [0.25, 0.3) is 34.5 Å². The molecule has 0 radical (unpaired) electrons. The molecule has 2 aromatic carbocycles. The zero-order chi connectivity index (χ0) is 56.8. The Labute approximate surface area is 470 Å². The van der Waals surface area contributed by atoms with E-state index in [0.29, 0.717) is 25.4 Å². The molecule has 22 heteroatoms. The summed E-state index contributed by atoms with van der Waals surface area (Å²) in [5, 5.41) is 15.6. The highest BCUT2D eigenvalue weighted by Crippen LogP contribution is 2.31. The normalized spacial score (nSPS) is 11.3. The minimum Gasteiger partial charge on any atom is -0.422 e. The highest BCUT2D eigenvalue weighted by molar-refractivity contribution is 7.16. The molecule has 0 saturated carbocycles. The molecule has 2 N–H and O–H groups in total. The van der Waals surface area contributed by atoms with Gasteiger partial charge in [0.15, 0.2) is 0 Å². The number of carbonyl (C=O) groups is 6. The summed E-state index contributed by atoms with van der Waals surface area (Å²) >= 11 is 15.0. The predicted molar refractivity (Wildman–Crippen MR) is 302 cm³/mol. The van der Waals surface area contributed by atoms with E-state index in [-0.39, 0.29) is 59.0 Å². The molecule has 0 amide bonds. The molecule has 0 aliphatic heterocycles. The molecule has 6 aromatic heterocycles. The molecule has 0 bridgehead atoms. The number of anilines is 2. The fraction of sp³-hybridized carbons (Fsp3) is 0.228. The Kier molecular flexibility index (Phi) is 17.3. The molecule has 0 fully saturated rings. The molecule has 8 aromatic rings. The molecule has 0 aliphatic rings. The summed E-state index contributed by atoms with van der Waals surface area (Å²) in [5.74, 6) is -0.0937. The van der Waals surface area contributed by atoms with Crippen molar-refractivity contribution in [3.8, 4) is 45.7 Å². The maximum Gasteiger partial charge on any atom is 0.379 e. The van der Waals surface area contributed by atoms with Crippen molar-refractivity contribution in [2.75, 3.05) is 17.4 Å². The lowest BCUT2D eigenvalue weighted by Gasteiger charge is -2.18. The summed E-state index contributed by atoms with van der Waals surface area (Å²) in [7, 11) is 0. The number of carbonyl (C=O) groups excluding carboxylic acids is 6. The van der Waals surface area contributed by atoms with Crippen LogP contribution in [-0.4, -0.2) is 70.8 Å². The van der Waals surface area contributed by atoms with Crippen LogP contribution in [0.5, 0.6) is 0 Å². The molecule has 0 saturated heterocycles. The molecule has 6 heterocycles. The number of thiophene rings is 2. The number of esters is 2. The molecule has 0 aliphatic carbocycles. The van der Waals surface area contributed by atoms with Crippen molar-refractivity contribution in [2.45, 2.75) is 67.7 Å². The van der Waals surface area contributed by atoms with Crippen molar-refractivity contribution in [3.05, 3.63) is 172 Å². The molecule has 0 atom stereocenters. The number of halogens is 2. The van der Waals surface area contributed by atoms with Crippen LogP contribution in [-0.2, 0) is 54.8 Å². The van der Waals surface area contributed by atoms with E-state index in [4.69, 9.17) is 32.7 Å². The van der Waals surface area contributed by atoms with Crippen LogP contribution in [0.3, 0.4) is 0 Å². The first-order chi connectivity index (χ1) is 37.5. The van der Waals surface area contributed by atoms with E-state index in [9.17, 15) is 38.4 Å². The first kappa shape index (κ1) is 56.7. The maximum atomic E-state index is 14.2. The van der Waals surface area contributed by atoms with Crippen LogP contribution in [0.2, 0.25) is 8.67 Å². The number of aromatic nitrogens is 6. The standard InChI is InChI=1S/C57H50Cl2N8O10S2/c1-56(2,3)54(74)66-48(60-29-38-20-23-46(58)78-38)27-40(62-66)42-22-19-36(18-17-34-13-9-7-10-14-34)51(71)65(42)32-45(69)53(73)77-33-76-52(72)44(68)31-64-43(25-37(26-50(64)70)35-15-11-8-12-16-35)41-28-49(61-30-39-21-24-47(59)79-39)67(63-41)55(75)57(4,5)6/h7-16,19-28,60-61H,29-33H2,1-6H3. The van der Waals surface area contributed by atoms with Crippen molar-refractivity contribution in [1.82, 2.24) is 28.7 Å². The lowest BCUT2D eigenvalue weighted by atomic mass is 9.96. The quantitative estimate of drug-likeness (QED) is 0.0375. The lowest BCUT2D eigenvalue weighted by molar-refractivity contribution is -0.173. The number of ether oxygens (including phenoxy) is 2. The van der Waals surface area contributed by atoms with Crippen molar-refractivity contribution in [3.63, 3.8) is 0 Å². The Morgan fingerprint density at radius 2 is 1.06 bits per heavy atom. The van der Waals surface area contributed by atoms with Gasteiger partial charge in [-0.15, -0.1) is 22.7 Å². The van der Waals surface area contributed by atoms with Gasteiger partial charge in [-0.2, -0.15) is 19.6 Å². The summed E-state index contributed by atoms with van der Waals surface area (Å²) in [6.45, 7) is 7.84. The third-order valence-corrected chi connectivity index (χ3v) is 14.2. The highest BCUT2D eigenvalue weighted by atomic mass is 35.5. The molecular formula is C57H50Cl2N8O10S2. The second-order valence-electron chi connectivity index (χ2n) is 19.8. The zero-order valence-electron chi connectivity index (χ0n) is 43.4. The molecule has 0 unspecified atom stereocenters. The summed E-state index contributed by atoms with van der Waals surface area (Å²) in [4.78, 5) is 111. The lowest BCUT2D eigenvalue weighted by Crippen LogP contribution is -2.33. The molecule has 0 spiro atoms. The van der Waals surface area contributed by atoms with Crippen LogP contribution in [0, 0.1) is 22.7 Å². The van der Waals surface area contributed by atoms with Crippen LogP contribution in [0.15, 0.2) is 131 Å². The van der Waals surface area contributed by atoms with Crippen LogP contribution in [0.1, 0.15) is 72.0 Å². The van der Waals surface area contributed by atoms with E-state index in [1.165, 1.54) is 51.6 Å². The average molecular weight is 1140 g/mol. The monoisotopic (exact) mass is 1140 g/mol. The number of Topliss-reactive ketones (excluding diaryl/α,β-unsaturated/α-hetero) is 2. The van der Waals surface area contributed by atoms with E-state index >= 15 is 0 Å². The van der Waals surface area contributed by atoms with E-state index < -0.39 is 71.2 Å². The van der Waals surface area contributed by atoms with Gasteiger partial charge in [-0.25, -0.2) is 9.59 Å². The van der Waals surface area contributed by atoms with Gasteiger partial charge in [-0.05, 0) is 65.7 Å². The Bertz CT molecular complexity index is 3850. The van der Waals surface area contributed by atoms with Gasteiger partial charge in [-0.3, -0.25) is 37.9 Å². The van der Waals surface area contributed by atoms with Crippen molar-refractivity contribution in [2.24, 2.45) is 10.8 Å². The SMILES string of the molecule is CC(C)(C)C(=O)n1nc(-c2cc(-c3ccccc3)cc(=O)n2CC(=O)C(=O)OCOC(=O)C(=O)Cn2c(-c3cc(NCc4ccc(Cl)s4)n(C(=O)C(C)(C)C)n3)ccc(C#Cc3ccccc3)c2=O)cc1NCc1ccc(Cl)s1. The van der Waals surface area contributed by atoms with Crippen LogP contribution >= 0.6 is 45.9 Å². The van der Waals surface area contributed by atoms with Crippen molar-refractivity contribution < 1.29 is 38.2 Å². The molecule has 79 heavy (non-hydrogen) atoms. The van der Waals surface area contributed by atoms with Crippen LogP contribution in [0.25, 0.3) is 33.9 Å². The molecule has 404 valence electrons. The number of hydrogen-bond donors (Lipinski definition) is 2. The summed E-state index contributed by atoms with van der Waals surface area (Å²) in [6, 6.07) is 33.7. The Hall–Kier alpha value is -8.48. The fourth-order valence-electron chi connectivity index (χ4n) is 7.66. The third kappa shape index (κ3) is 13.8. The Balaban J connectivity index is 1.03. The summed E-state index contributed by atoms with van der Waals surface area (Å²) in [5.41, 5.74) is -1.35. The Morgan fingerprint density at radius 3 is 1.56 bits per heavy atom. The van der Waals surface area contributed by atoms with Gasteiger partial charge in [0.05, 0.1) is 51.8 Å². The number of hydrogen-bond acceptors (Lipinski definition) is 16. The number of nitrogens with one attached hydrogen (secondary N) is 2. The third-order valence-electron chi connectivity index (χ3n) is 11.7. The number of pyridine rings is 2. The van der Waals surface area contributed by atoms with E-state index in [1.54, 1.807) is 126 Å². The average Bonchev–Trinajstić information content (AvgIpc) is 4.40. The maximum absolute atomic E-state index is 14.2. The van der Waals surface area contributed by atoms with Crippen LogP contribution in [0.4, 0.5) is 11.6 Å². The second kappa shape index (κ2) is 24.0. The van der Waals surface area contributed by atoms with Crippen molar-refractivity contribution in [1.29, 1.82) is 0 Å². The van der Waals surface area contributed by atoms with Gasteiger partial charge in [0.2, 0.25) is 6.79 Å². The predicted octanol–water partition coefficient (Wildman–Crippen LogP) is 9.71. The first-order valence-electron chi connectivity index (χ1n) is 24.3. The Morgan fingerprint density at radius 1 is 0.570 bits per heavy atom. The van der Waals surface area contributed by atoms with Gasteiger partial charge in [0.1, 0.15) is 23.0 Å². The molecular weight excluding hydrogens is 1090 g/mol. The minimum absolute atomic E-state index is 0.0336. The van der Waals surface area contributed by atoms with Gasteiger partial charge >= 0.3 is 11.9 Å². The van der Waals surface area contributed by atoms with Crippen LogP contribution < -0.4 is 21.8 Å². The van der Waals surface area contributed by atoms with E-state index in [0.717, 1.165) is 23.6 Å². The number of nitrogens with zero attached hydrogens (tertiary/aromatic N) is 6. The second-order valence-corrected chi connectivity index (χ2v) is 23.4. The smallest absolute Gasteiger partial charge is 0.379 e. The first-order valence-corrected chi connectivity index (χ1v) is 26.7. The number of rotatable bonds is 17. The van der Waals surface area contributed by atoms with Gasteiger partial charge < -0.3 is 20.1 Å². The topological polar surface area (TPSA) is 225 Å². The fourth-order valence-corrected chi connectivity index (χ4v) is 9.71. The van der Waals surface area contributed by atoms with E-state index in [2.05, 4.69) is 32.7 Å². The highest BCUT2D eigenvalue weighted by Gasteiger charge is 2.31. The molecule has 8 rings (SSSR count). The minimum atomic E-state index is -1.54. The van der Waals surface area contributed by atoms with Gasteiger partial charge in [-0.1, -0.05) is 125 Å². The number of ketones is 2. The number of benzene rings is 2. The summed E-state index contributed by atoms with van der Waals surface area (Å²) < 4.78 is 15.4. The summed E-state index contributed by atoms with van der Waals surface area (Å²) in [6.07, 6.45) is 0. The zero-order valence-corrected chi connectivity index (χ0v) is 46.6. The van der Waals surface area contributed by atoms with Gasteiger partial charge in [0, 0.05) is 44.3 Å².